The molecular weight excluding hydrogens is 270 g/mol. The van der Waals surface area contributed by atoms with Crippen molar-refractivity contribution in [2.24, 2.45) is 0 Å². The van der Waals surface area contributed by atoms with Gasteiger partial charge in [0.05, 0.1) is 12.8 Å². The van der Waals surface area contributed by atoms with Gasteiger partial charge < -0.3 is 14.6 Å². The summed E-state index contributed by atoms with van der Waals surface area (Å²) in [5.74, 6) is 1.40. The van der Waals surface area contributed by atoms with E-state index >= 15 is 0 Å². The molecule has 0 unspecified atom stereocenters. The highest BCUT2D eigenvalue weighted by molar-refractivity contribution is 5.38. The van der Waals surface area contributed by atoms with Gasteiger partial charge in [-0.15, -0.1) is 0 Å². The van der Waals surface area contributed by atoms with Crippen molar-refractivity contribution in [2.45, 2.75) is 25.4 Å². The van der Waals surface area contributed by atoms with Crippen molar-refractivity contribution in [3.63, 3.8) is 0 Å². The van der Waals surface area contributed by atoms with E-state index in [1.807, 2.05) is 12.1 Å². The lowest BCUT2D eigenvalue weighted by molar-refractivity contribution is 0.206. The fourth-order valence-corrected chi connectivity index (χ4v) is 2.52. The van der Waals surface area contributed by atoms with Gasteiger partial charge in [-0.3, -0.25) is 4.90 Å². The van der Waals surface area contributed by atoms with E-state index in [1.165, 1.54) is 6.33 Å². The van der Waals surface area contributed by atoms with Gasteiger partial charge in [0, 0.05) is 37.8 Å². The first-order chi connectivity index (χ1) is 10.3. The second kappa shape index (κ2) is 6.53. The Labute approximate surface area is 123 Å². The van der Waals surface area contributed by atoms with Crippen molar-refractivity contribution >= 4 is 5.82 Å². The van der Waals surface area contributed by atoms with Crippen LogP contribution >= 0.6 is 0 Å². The van der Waals surface area contributed by atoms with Crippen molar-refractivity contribution in [3.8, 4) is 5.88 Å². The molecule has 1 saturated heterocycles. The molecule has 21 heavy (non-hydrogen) atoms. The number of likely N-dealkylation sites (tertiary alicyclic amines) is 1. The summed E-state index contributed by atoms with van der Waals surface area (Å²) in [6.07, 6.45) is 5.28. The molecule has 3 heterocycles. The van der Waals surface area contributed by atoms with E-state index in [1.54, 1.807) is 13.4 Å². The first-order valence-electron chi connectivity index (χ1n) is 7.07. The molecule has 1 fully saturated rings. The zero-order valence-electron chi connectivity index (χ0n) is 12.0. The van der Waals surface area contributed by atoms with E-state index in [0.29, 0.717) is 11.9 Å². The van der Waals surface area contributed by atoms with Crippen LogP contribution in [0.4, 0.5) is 5.82 Å². The van der Waals surface area contributed by atoms with Gasteiger partial charge >= 0.3 is 0 Å². The number of hydrogen-bond donors (Lipinski definition) is 1. The Bertz CT molecular complexity index is 552. The van der Waals surface area contributed by atoms with Crippen LogP contribution in [0.2, 0.25) is 0 Å². The Kier molecular flexibility index (Phi) is 4.30. The quantitative estimate of drug-likeness (QED) is 0.894. The highest BCUT2D eigenvalue weighted by Crippen LogP contribution is 2.18. The minimum atomic E-state index is 0.429. The van der Waals surface area contributed by atoms with Crippen LogP contribution < -0.4 is 10.1 Å². The summed E-state index contributed by atoms with van der Waals surface area (Å²) < 4.78 is 9.97. The summed E-state index contributed by atoms with van der Waals surface area (Å²) in [5, 5.41) is 7.40. The van der Waals surface area contributed by atoms with Gasteiger partial charge in [-0.05, 0) is 12.8 Å². The monoisotopic (exact) mass is 289 g/mol. The number of piperidine rings is 1. The van der Waals surface area contributed by atoms with Gasteiger partial charge in [-0.25, -0.2) is 9.97 Å². The Hall–Kier alpha value is -2.15. The smallest absolute Gasteiger partial charge is 0.218 e. The molecule has 1 N–H and O–H groups in total. The molecule has 0 bridgehead atoms. The molecule has 7 heteroatoms. The van der Waals surface area contributed by atoms with Gasteiger partial charge in [-0.2, -0.15) is 0 Å². The van der Waals surface area contributed by atoms with Gasteiger partial charge in [-0.1, -0.05) is 5.16 Å². The lowest BCUT2D eigenvalue weighted by atomic mass is 10.0. The van der Waals surface area contributed by atoms with E-state index in [9.17, 15) is 0 Å². The molecule has 0 atom stereocenters. The largest absolute Gasteiger partial charge is 0.481 e. The third-order valence-corrected chi connectivity index (χ3v) is 3.67. The van der Waals surface area contributed by atoms with E-state index < -0.39 is 0 Å². The van der Waals surface area contributed by atoms with Crippen LogP contribution in [0.1, 0.15) is 18.5 Å². The highest BCUT2D eigenvalue weighted by atomic mass is 16.5. The molecule has 1 aliphatic heterocycles. The number of rotatable bonds is 5. The Morgan fingerprint density at radius 3 is 2.95 bits per heavy atom. The Balaban J connectivity index is 1.49. The summed E-state index contributed by atoms with van der Waals surface area (Å²) in [4.78, 5) is 10.6. The maximum absolute atomic E-state index is 5.10. The average Bonchev–Trinajstić information content (AvgIpc) is 3.02. The Morgan fingerprint density at radius 1 is 1.38 bits per heavy atom. The number of nitrogens with one attached hydrogen (secondary N) is 1. The average molecular weight is 289 g/mol. The van der Waals surface area contributed by atoms with Crippen molar-refractivity contribution < 1.29 is 9.26 Å². The summed E-state index contributed by atoms with van der Waals surface area (Å²) in [7, 11) is 1.61. The standard InChI is InChI=1S/C14H19N5O2/c1-20-14-8-13(15-10-16-14)17-11-2-5-19(6-3-11)9-12-4-7-21-18-12/h4,7-8,10-11H,2-3,5-6,9H2,1H3,(H,15,16,17). The highest BCUT2D eigenvalue weighted by Gasteiger charge is 2.20. The number of aromatic nitrogens is 3. The zero-order chi connectivity index (χ0) is 14.5. The summed E-state index contributed by atoms with van der Waals surface area (Å²) in [6, 6.07) is 4.16. The molecule has 1 aliphatic rings. The zero-order valence-corrected chi connectivity index (χ0v) is 12.0. The third-order valence-electron chi connectivity index (χ3n) is 3.67. The van der Waals surface area contributed by atoms with Crippen LogP contribution in [0.25, 0.3) is 0 Å². The van der Waals surface area contributed by atoms with Crippen molar-refractivity contribution in [3.05, 3.63) is 30.4 Å². The first-order valence-corrected chi connectivity index (χ1v) is 7.07. The summed E-state index contributed by atoms with van der Waals surface area (Å²) in [5.41, 5.74) is 0.988. The number of methoxy groups -OCH3 is 1. The van der Waals surface area contributed by atoms with Crippen LogP contribution in [0.3, 0.4) is 0 Å². The third kappa shape index (κ3) is 3.69. The van der Waals surface area contributed by atoms with Crippen LogP contribution in [0.15, 0.2) is 29.2 Å². The molecule has 3 rings (SSSR count). The summed E-state index contributed by atoms with van der Waals surface area (Å²) >= 11 is 0. The lowest BCUT2D eigenvalue weighted by Gasteiger charge is -2.32. The first kappa shape index (κ1) is 13.8. The molecule has 0 aromatic carbocycles. The predicted molar refractivity (Wildman–Crippen MR) is 77.0 cm³/mol. The molecule has 0 spiro atoms. The van der Waals surface area contributed by atoms with Crippen LogP contribution in [0, 0.1) is 0 Å². The molecule has 2 aromatic rings. The van der Waals surface area contributed by atoms with E-state index in [4.69, 9.17) is 9.26 Å². The molecule has 2 aromatic heterocycles. The molecule has 0 amide bonds. The number of ether oxygens (including phenoxy) is 1. The van der Waals surface area contributed by atoms with Gasteiger partial charge in [0.15, 0.2) is 0 Å². The van der Waals surface area contributed by atoms with Gasteiger partial charge in [0.2, 0.25) is 5.88 Å². The minimum Gasteiger partial charge on any atom is -0.481 e. The predicted octanol–water partition coefficient (Wildman–Crippen LogP) is 1.55. The topological polar surface area (TPSA) is 76.3 Å². The Morgan fingerprint density at radius 2 is 2.24 bits per heavy atom. The van der Waals surface area contributed by atoms with Gasteiger partial charge in [0.25, 0.3) is 0 Å². The number of hydrogen-bond acceptors (Lipinski definition) is 7. The maximum atomic E-state index is 5.10. The molecule has 0 saturated carbocycles. The minimum absolute atomic E-state index is 0.429. The fraction of sp³-hybridized carbons (Fsp3) is 0.500. The van der Waals surface area contributed by atoms with E-state index in [0.717, 1.165) is 44.0 Å². The van der Waals surface area contributed by atoms with Crippen LogP contribution in [0.5, 0.6) is 5.88 Å². The second-order valence-electron chi connectivity index (χ2n) is 5.13. The fourth-order valence-electron chi connectivity index (χ4n) is 2.52. The normalized spacial score (nSPS) is 16.8. The summed E-state index contributed by atoms with van der Waals surface area (Å²) in [6.45, 7) is 2.92. The molecule has 112 valence electrons. The lowest BCUT2D eigenvalue weighted by Crippen LogP contribution is -2.38. The SMILES string of the molecule is COc1cc(NC2CCN(Cc3ccon3)CC2)ncn1. The number of nitrogens with zero attached hydrogens (tertiary/aromatic N) is 4. The molecule has 7 nitrogen and oxygen atoms in total. The van der Waals surface area contributed by atoms with Crippen LogP contribution in [-0.2, 0) is 6.54 Å². The maximum Gasteiger partial charge on any atom is 0.218 e. The second-order valence-corrected chi connectivity index (χ2v) is 5.13. The molecular formula is C14H19N5O2. The van der Waals surface area contributed by atoms with E-state index in [-0.39, 0.29) is 0 Å². The van der Waals surface area contributed by atoms with E-state index in [2.05, 4.69) is 25.3 Å². The molecule has 0 aliphatic carbocycles. The molecule has 0 radical (unpaired) electrons. The van der Waals surface area contributed by atoms with Crippen molar-refractivity contribution in [1.82, 2.24) is 20.0 Å². The van der Waals surface area contributed by atoms with Crippen molar-refractivity contribution in [2.75, 3.05) is 25.5 Å². The van der Waals surface area contributed by atoms with Crippen molar-refractivity contribution in [1.29, 1.82) is 0 Å². The number of anilines is 1. The van der Waals surface area contributed by atoms with Crippen LogP contribution in [-0.4, -0.2) is 46.3 Å². The van der Waals surface area contributed by atoms with Gasteiger partial charge in [0.1, 0.15) is 18.4 Å².